The molecule has 0 aliphatic carbocycles. The Balaban J connectivity index is 2.34. The van der Waals surface area contributed by atoms with Gasteiger partial charge in [-0.2, -0.15) is 5.26 Å². The minimum Gasteiger partial charge on any atom is -0.378 e. The summed E-state index contributed by atoms with van der Waals surface area (Å²) in [5.41, 5.74) is -0.503. The van der Waals surface area contributed by atoms with Gasteiger partial charge in [-0.15, -0.1) is 0 Å². The fourth-order valence-electron chi connectivity index (χ4n) is 2.71. The van der Waals surface area contributed by atoms with E-state index < -0.39 is 5.54 Å². The van der Waals surface area contributed by atoms with Crippen LogP contribution in [0.15, 0.2) is 0 Å². The van der Waals surface area contributed by atoms with Gasteiger partial charge in [0.2, 0.25) is 0 Å². The van der Waals surface area contributed by atoms with E-state index in [1.807, 2.05) is 6.92 Å². The van der Waals surface area contributed by atoms with Crippen molar-refractivity contribution in [3.8, 4) is 6.07 Å². The van der Waals surface area contributed by atoms with Crippen molar-refractivity contribution in [2.45, 2.75) is 83.8 Å². The summed E-state index contributed by atoms with van der Waals surface area (Å²) < 4.78 is 11.6. The van der Waals surface area contributed by atoms with E-state index in [-0.39, 0.29) is 18.3 Å². The van der Waals surface area contributed by atoms with Crippen molar-refractivity contribution < 1.29 is 9.47 Å². The third kappa shape index (κ3) is 5.90. The monoisotopic (exact) mass is 268 g/mol. The first-order valence-electron chi connectivity index (χ1n) is 7.30. The van der Waals surface area contributed by atoms with Crippen molar-refractivity contribution in [1.82, 2.24) is 5.32 Å². The summed E-state index contributed by atoms with van der Waals surface area (Å²) in [4.78, 5) is 0. The predicted molar refractivity (Wildman–Crippen MR) is 75.9 cm³/mol. The highest BCUT2D eigenvalue weighted by atomic mass is 16.5. The van der Waals surface area contributed by atoms with Gasteiger partial charge < -0.3 is 9.47 Å². The van der Waals surface area contributed by atoms with Crippen LogP contribution in [0.5, 0.6) is 0 Å². The van der Waals surface area contributed by atoms with Gasteiger partial charge in [0, 0.05) is 19.1 Å². The van der Waals surface area contributed by atoms with Crippen LogP contribution in [0.1, 0.15) is 53.9 Å². The lowest BCUT2D eigenvalue weighted by atomic mass is 9.99. The van der Waals surface area contributed by atoms with E-state index in [1.165, 1.54) is 0 Å². The predicted octanol–water partition coefficient (Wildman–Crippen LogP) is 2.63. The van der Waals surface area contributed by atoms with Crippen molar-refractivity contribution in [3.05, 3.63) is 0 Å². The summed E-state index contributed by atoms with van der Waals surface area (Å²) >= 11 is 0. The molecule has 1 saturated heterocycles. The van der Waals surface area contributed by atoms with Crippen LogP contribution >= 0.6 is 0 Å². The van der Waals surface area contributed by atoms with Crippen LogP contribution < -0.4 is 5.32 Å². The van der Waals surface area contributed by atoms with E-state index in [4.69, 9.17) is 9.47 Å². The van der Waals surface area contributed by atoms with Crippen LogP contribution in [0.25, 0.3) is 0 Å². The van der Waals surface area contributed by atoms with Gasteiger partial charge in [-0.25, -0.2) is 0 Å². The van der Waals surface area contributed by atoms with Crippen molar-refractivity contribution in [3.63, 3.8) is 0 Å². The highest BCUT2D eigenvalue weighted by Gasteiger charge is 2.27. The van der Waals surface area contributed by atoms with Gasteiger partial charge >= 0.3 is 0 Å². The molecule has 0 spiro atoms. The van der Waals surface area contributed by atoms with Crippen LogP contribution in [-0.2, 0) is 9.47 Å². The SMILES string of the molecule is CC(C)NC(C)(C#N)CCOC1CC(C)OC(C)C1. The van der Waals surface area contributed by atoms with E-state index in [1.54, 1.807) is 0 Å². The van der Waals surface area contributed by atoms with E-state index in [0.29, 0.717) is 19.1 Å². The second kappa shape index (κ2) is 7.23. The fraction of sp³-hybridized carbons (Fsp3) is 0.933. The lowest BCUT2D eigenvalue weighted by molar-refractivity contribution is -0.103. The molecular weight excluding hydrogens is 240 g/mol. The smallest absolute Gasteiger partial charge is 0.106 e. The molecule has 0 radical (unpaired) electrons. The molecule has 19 heavy (non-hydrogen) atoms. The number of nitriles is 1. The summed E-state index contributed by atoms with van der Waals surface area (Å²) in [6.07, 6.45) is 3.41. The van der Waals surface area contributed by atoms with Gasteiger partial charge in [0.05, 0.1) is 24.4 Å². The summed E-state index contributed by atoms with van der Waals surface area (Å²) in [7, 11) is 0. The fourth-order valence-corrected chi connectivity index (χ4v) is 2.71. The molecule has 4 nitrogen and oxygen atoms in total. The van der Waals surface area contributed by atoms with Crippen molar-refractivity contribution in [2.75, 3.05) is 6.61 Å². The molecule has 1 aliphatic rings. The molecule has 1 aliphatic heterocycles. The third-order valence-electron chi connectivity index (χ3n) is 3.46. The number of nitrogens with zero attached hydrogens (tertiary/aromatic N) is 1. The average molecular weight is 268 g/mol. The first-order chi connectivity index (χ1) is 8.84. The molecule has 1 N–H and O–H groups in total. The van der Waals surface area contributed by atoms with Crippen molar-refractivity contribution in [2.24, 2.45) is 0 Å². The van der Waals surface area contributed by atoms with Gasteiger partial charge in [-0.05, 0) is 47.5 Å². The van der Waals surface area contributed by atoms with Gasteiger partial charge in [0.25, 0.3) is 0 Å². The van der Waals surface area contributed by atoms with E-state index in [2.05, 4.69) is 39.1 Å². The van der Waals surface area contributed by atoms with E-state index in [0.717, 1.165) is 12.8 Å². The topological polar surface area (TPSA) is 54.3 Å². The molecule has 0 aromatic carbocycles. The molecule has 3 atom stereocenters. The molecule has 1 heterocycles. The van der Waals surface area contributed by atoms with Gasteiger partial charge in [0.1, 0.15) is 5.54 Å². The standard InChI is InChI=1S/C15H28N2O2/c1-11(2)17-15(5,10-16)6-7-18-14-8-12(3)19-13(4)9-14/h11-14,17H,6-9H2,1-5H3. The summed E-state index contributed by atoms with van der Waals surface area (Å²) in [6.45, 7) is 10.8. The molecule has 1 fully saturated rings. The highest BCUT2D eigenvalue weighted by molar-refractivity contribution is 5.04. The number of rotatable bonds is 6. The number of nitrogens with one attached hydrogen (secondary N) is 1. The van der Waals surface area contributed by atoms with Crippen molar-refractivity contribution >= 4 is 0 Å². The average Bonchev–Trinajstić information content (AvgIpc) is 2.26. The zero-order chi connectivity index (χ0) is 14.5. The summed E-state index contributed by atoms with van der Waals surface area (Å²) in [5, 5.41) is 12.6. The Labute approximate surface area is 117 Å². The molecule has 0 aromatic heterocycles. The molecule has 0 aromatic rings. The molecule has 0 saturated carbocycles. The maximum atomic E-state index is 9.27. The Morgan fingerprint density at radius 2 is 1.95 bits per heavy atom. The van der Waals surface area contributed by atoms with Gasteiger partial charge in [0.15, 0.2) is 0 Å². The summed E-state index contributed by atoms with van der Waals surface area (Å²) in [5.74, 6) is 0. The normalized spacial score (nSPS) is 30.9. The molecule has 1 rings (SSSR count). The van der Waals surface area contributed by atoms with Crippen LogP contribution in [-0.4, -0.2) is 36.5 Å². The Kier molecular flexibility index (Phi) is 6.25. The lowest BCUT2D eigenvalue weighted by Gasteiger charge is -2.33. The Morgan fingerprint density at radius 3 is 2.42 bits per heavy atom. The largest absolute Gasteiger partial charge is 0.378 e. The van der Waals surface area contributed by atoms with E-state index in [9.17, 15) is 5.26 Å². The second-order valence-corrected chi connectivity index (χ2v) is 6.21. The molecule has 110 valence electrons. The second-order valence-electron chi connectivity index (χ2n) is 6.21. The third-order valence-corrected chi connectivity index (χ3v) is 3.46. The molecule has 3 unspecified atom stereocenters. The maximum Gasteiger partial charge on any atom is 0.106 e. The molecule has 4 heteroatoms. The number of hydrogen-bond donors (Lipinski definition) is 1. The Bertz CT molecular complexity index is 304. The zero-order valence-electron chi connectivity index (χ0n) is 12.9. The number of ether oxygens (including phenoxy) is 2. The zero-order valence-corrected chi connectivity index (χ0v) is 12.9. The molecular formula is C15H28N2O2. The number of hydrogen-bond acceptors (Lipinski definition) is 4. The van der Waals surface area contributed by atoms with Gasteiger partial charge in [-0.1, -0.05) is 0 Å². The molecule has 0 amide bonds. The first kappa shape index (κ1) is 16.4. The highest BCUT2D eigenvalue weighted by Crippen LogP contribution is 2.22. The van der Waals surface area contributed by atoms with Crippen LogP contribution in [0.2, 0.25) is 0 Å². The first-order valence-corrected chi connectivity index (χ1v) is 7.30. The lowest BCUT2D eigenvalue weighted by Crippen LogP contribution is -2.46. The van der Waals surface area contributed by atoms with Crippen molar-refractivity contribution in [1.29, 1.82) is 5.26 Å². The van der Waals surface area contributed by atoms with Crippen LogP contribution in [0.4, 0.5) is 0 Å². The van der Waals surface area contributed by atoms with Crippen LogP contribution in [0.3, 0.4) is 0 Å². The van der Waals surface area contributed by atoms with Crippen LogP contribution in [0, 0.1) is 11.3 Å². The van der Waals surface area contributed by atoms with E-state index >= 15 is 0 Å². The van der Waals surface area contributed by atoms with Gasteiger partial charge in [-0.3, -0.25) is 5.32 Å². The maximum absolute atomic E-state index is 9.27. The Hall–Kier alpha value is -0.630. The molecule has 0 bridgehead atoms. The summed E-state index contributed by atoms with van der Waals surface area (Å²) in [6, 6.07) is 2.65. The minimum atomic E-state index is -0.503. The minimum absolute atomic E-state index is 0.265. The quantitative estimate of drug-likeness (QED) is 0.804. The Morgan fingerprint density at radius 1 is 1.37 bits per heavy atom.